The summed E-state index contributed by atoms with van der Waals surface area (Å²) in [5.74, 6) is 0.722. The zero-order valence-corrected chi connectivity index (χ0v) is 8.29. The highest BCUT2D eigenvalue weighted by Crippen LogP contribution is 2.12. The van der Waals surface area contributed by atoms with Crippen molar-refractivity contribution < 1.29 is 0 Å². The number of H-pyrrole nitrogens is 1. The molecule has 0 bridgehead atoms. The summed E-state index contributed by atoms with van der Waals surface area (Å²) in [6, 6.07) is 0. The Labute approximate surface area is 76.9 Å². The molecule has 0 aliphatic rings. The third-order valence-electron chi connectivity index (χ3n) is 1.78. The van der Waals surface area contributed by atoms with E-state index in [-0.39, 0.29) is 11.2 Å². The zero-order chi connectivity index (χ0) is 10.1. The lowest BCUT2D eigenvalue weighted by atomic mass is 10.1. The average Bonchev–Trinajstić information content (AvgIpc) is 2.31. The molecule has 13 heavy (non-hydrogen) atoms. The number of nitrogens with zero attached hydrogens (tertiary/aromatic N) is 2. The molecule has 1 heterocycles. The maximum absolute atomic E-state index is 11.4. The fourth-order valence-electron chi connectivity index (χ4n) is 1.32. The van der Waals surface area contributed by atoms with E-state index in [2.05, 4.69) is 10.2 Å². The Morgan fingerprint density at radius 2 is 2.15 bits per heavy atom. The van der Waals surface area contributed by atoms with Crippen LogP contribution in [0.25, 0.3) is 0 Å². The minimum Gasteiger partial charge on any atom is -0.330 e. The first kappa shape index (κ1) is 9.98. The van der Waals surface area contributed by atoms with Gasteiger partial charge in [-0.05, 0) is 27.3 Å². The van der Waals surface area contributed by atoms with Crippen molar-refractivity contribution in [2.24, 2.45) is 5.73 Å². The van der Waals surface area contributed by atoms with E-state index in [0.29, 0.717) is 13.0 Å². The van der Waals surface area contributed by atoms with Gasteiger partial charge in [0.2, 0.25) is 0 Å². The van der Waals surface area contributed by atoms with Gasteiger partial charge in [-0.25, -0.2) is 9.89 Å². The highest BCUT2D eigenvalue weighted by Gasteiger charge is 2.19. The van der Waals surface area contributed by atoms with Crippen LogP contribution < -0.4 is 11.4 Å². The van der Waals surface area contributed by atoms with Crippen LogP contribution in [0.2, 0.25) is 0 Å². The van der Waals surface area contributed by atoms with Gasteiger partial charge in [-0.15, -0.1) is 0 Å². The summed E-state index contributed by atoms with van der Waals surface area (Å²) >= 11 is 0. The van der Waals surface area contributed by atoms with Crippen molar-refractivity contribution in [3.05, 3.63) is 16.3 Å². The van der Waals surface area contributed by atoms with E-state index in [9.17, 15) is 4.79 Å². The Hall–Kier alpha value is -1.10. The van der Waals surface area contributed by atoms with Crippen LogP contribution >= 0.6 is 0 Å². The lowest BCUT2D eigenvalue weighted by Gasteiger charge is -2.20. The van der Waals surface area contributed by atoms with Gasteiger partial charge in [-0.2, -0.15) is 5.10 Å². The van der Waals surface area contributed by atoms with Gasteiger partial charge >= 0.3 is 5.69 Å². The topological polar surface area (TPSA) is 76.7 Å². The predicted octanol–water partition coefficient (Wildman–Crippen LogP) is -0.172. The molecule has 0 aliphatic carbocycles. The first-order valence-electron chi connectivity index (χ1n) is 4.33. The van der Waals surface area contributed by atoms with Gasteiger partial charge in [0.05, 0.1) is 0 Å². The van der Waals surface area contributed by atoms with E-state index in [1.54, 1.807) is 4.57 Å². The molecule has 0 atom stereocenters. The van der Waals surface area contributed by atoms with Gasteiger partial charge in [0.15, 0.2) is 0 Å². The molecule has 0 spiro atoms. The monoisotopic (exact) mass is 184 g/mol. The van der Waals surface area contributed by atoms with Crippen LogP contribution in [0.15, 0.2) is 4.79 Å². The van der Waals surface area contributed by atoms with Crippen LogP contribution in [0.5, 0.6) is 0 Å². The molecular weight excluding hydrogens is 168 g/mol. The summed E-state index contributed by atoms with van der Waals surface area (Å²) in [7, 11) is 0. The SMILES string of the molecule is CC(C)(C)n1c(CCN)n[nH]c1=O. The summed E-state index contributed by atoms with van der Waals surface area (Å²) in [6.45, 7) is 6.39. The van der Waals surface area contributed by atoms with E-state index in [0.717, 1.165) is 5.82 Å². The molecule has 0 amide bonds. The Morgan fingerprint density at radius 1 is 1.54 bits per heavy atom. The zero-order valence-electron chi connectivity index (χ0n) is 8.29. The molecule has 1 rings (SSSR count). The second kappa shape index (κ2) is 3.33. The molecule has 1 aromatic heterocycles. The normalized spacial score (nSPS) is 12.0. The van der Waals surface area contributed by atoms with Crippen molar-refractivity contribution in [2.75, 3.05) is 6.54 Å². The van der Waals surface area contributed by atoms with Crippen LogP contribution in [0.1, 0.15) is 26.6 Å². The molecule has 1 aromatic rings. The first-order chi connectivity index (χ1) is 5.96. The van der Waals surface area contributed by atoms with Gasteiger partial charge in [-0.3, -0.25) is 4.57 Å². The van der Waals surface area contributed by atoms with Crippen molar-refractivity contribution in [2.45, 2.75) is 32.7 Å². The molecule has 5 heteroatoms. The van der Waals surface area contributed by atoms with Crippen LogP contribution in [0.4, 0.5) is 0 Å². The minimum atomic E-state index is -0.241. The van der Waals surface area contributed by atoms with Gasteiger partial charge in [0.1, 0.15) is 5.82 Å². The van der Waals surface area contributed by atoms with Gasteiger partial charge in [-0.1, -0.05) is 0 Å². The van der Waals surface area contributed by atoms with Crippen LogP contribution in [-0.4, -0.2) is 21.3 Å². The molecule has 5 nitrogen and oxygen atoms in total. The smallest absolute Gasteiger partial charge is 0.330 e. The maximum Gasteiger partial charge on any atom is 0.343 e. The Morgan fingerprint density at radius 3 is 2.62 bits per heavy atom. The van der Waals surface area contributed by atoms with Crippen molar-refractivity contribution in [1.82, 2.24) is 14.8 Å². The number of hydrogen-bond acceptors (Lipinski definition) is 3. The lowest BCUT2D eigenvalue weighted by molar-refractivity contribution is 0.372. The number of aromatic amines is 1. The van der Waals surface area contributed by atoms with Crippen LogP contribution in [-0.2, 0) is 12.0 Å². The number of hydrogen-bond donors (Lipinski definition) is 2. The molecule has 74 valence electrons. The quantitative estimate of drug-likeness (QED) is 0.669. The summed E-state index contributed by atoms with van der Waals surface area (Å²) < 4.78 is 1.64. The molecule has 0 saturated carbocycles. The third kappa shape index (κ3) is 1.98. The van der Waals surface area contributed by atoms with E-state index in [4.69, 9.17) is 5.73 Å². The third-order valence-corrected chi connectivity index (χ3v) is 1.78. The van der Waals surface area contributed by atoms with E-state index in [1.807, 2.05) is 20.8 Å². The van der Waals surface area contributed by atoms with Crippen molar-refractivity contribution >= 4 is 0 Å². The Bertz CT molecular complexity index is 331. The number of nitrogens with one attached hydrogen (secondary N) is 1. The highest BCUT2D eigenvalue weighted by molar-refractivity contribution is 4.92. The molecule has 3 N–H and O–H groups in total. The summed E-state index contributed by atoms with van der Waals surface area (Å²) in [5, 5.41) is 6.35. The van der Waals surface area contributed by atoms with E-state index in [1.165, 1.54) is 0 Å². The molecule has 0 fully saturated rings. The van der Waals surface area contributed by atoms with Gasteiger partial charge in [0.25, 0.3) is 0 Å². The standard InChI is InChI=1S/C8H16N4O/c1-8(2,3)12-6(4-5-9)10-11-7(12)13/h4-5,9H2,1-3H3,(H,11,13). The van der Waals surface area contributed by atoms with Crippen LogP contribution in [0, 0.1) is 0 Å². The van der Waals surface area contributed by atoms with Crippen LogP contribution in [0.3, 0.4) is 0 Å². The average molecular weight is 184 g/mol. The molecule has 0 unspecified atom stereocenters. The highest BCUT2D eigenvalue weighted by atomic mass is 16.1. The lowest BCUT2D eigenvalue weighted by Crippen LogP contribution is -2.34. The largest absolute Gasteiger partial charge is 0.343 e. The second-order valence-corrected chi connectivity index (χ2v) is 3.99. The Balaban J connectivity index is 3.17. The predicted molar refractivity (Wildman–Crippen MR) is 50.6 cm³/mol. The number of rotatable bonds is 2. The fraction of sp³-hybridized carbons (Fsp3) is 0.750. The van der Waals surface area contributed by atoms with Crippen molar-refractivity contribution in [1.29, 1.82) is 0 Å². The number of aromatic nitrogens is 3. The second-order valence-electron chi connectivity index (χ2n) is 3.99. The fourth-order valence-corrected chi connectivity index (χ4v) is 1.32. The first-order valence-corrected chi connectivity index (χ1v) is 4.33. The summed E-state index contributed by atoms with van der Waals surface area (Å²) in [4.78, 5) is 11.4. The molecule has 0 aliphatic heterocycles. The Kier molecular flexibility index (Phi) is 2.56. The van der Waals surface area contributed by atoms with Gasteiger partial charge < -0.3 is 5.73 Å². The molecule has 0 aromatic carbocycles. The minimum absolute atomic E-state index is 0.170. The van der Waals surface area contributed by atoms with E-state index >= 15 is 0 Å². The van der Waals surface area contributed by atoms with Crippen molar-refractivity contribution in [3.63, 3.8) is 0 Å². The van der Waals surface area contributed by atoms with E-state index < -0.39 is 0 Å². The maximum atomic E-state index is 11.4. The summed E-state index contributed by atoms with van der Waals surface area (Å²) in [6.07, 6.45) is 0.621. The number of nitrogens with two attached hydrogens (primary N) is 1. The summed E-state index contributed by atoms with van der Waals surface area (Å²) in [5.41, 5.74) is 5.00. The van der Waals surface area contributed by atoms with Crippen molar-refractivity contribution in [3.8, 4) is 0 Å². The molecular formula is C8H16N4O. The molecule has 0 radical (unpaired) electrons. The van der Waals surface area contributed by atoms with Gasteiger partial charge in [0, 0.05) is 12.0 Å². The molecule has 0 saturated heterocycles.